The maximum Gasteiger partial charge on any atom is 0.306 e. The van der Waals surface area contributed by atoms with Crippen molar-refractivity contribution in [2.75, 3.05) is 11.9 Å². The quantitative estimate of drug-likeness (QED) is 0.509. The zero-order valence-corrected chi connectivity index (χ0v) is 16.6. The predicted molar refractivity (Wildman–Crippen MR) is 109 cm³/mol. The zero-order chi connectivity index (χ0) is 20.5. The Hall–Kier alpha value is -2.95. The van der Waals surface area contributed by atoms with Crippen LogP contribution in [0.15, 0.2) is 54.6 Å². The lowest BCUT2D eigenvalue weighted by atomic mass is 9.98. The number of carbonyl (C=O) groups excluding carboxylic acids is 3. The number of anilines is 1. The van der Waals surface area contributed by atoms with E-state index < -0.39 is 5.97 Å². The molecule has 0 saturated heterocycles. The van der Waals surface area contributed by atoms with E-state index in [0.717, 1.165) is 5.56 Å². The SMILES string of the molecule is CC(C)CC(=O)Nc1ccc(C(=O)COC(=O)C[C@H](C)c2ccccc2)cc1. The molecule has 0 aliphatic heterocycles. The fourth-order valence-electron chi connectivity index (χ4n) is 2.76. The van der Waals surface area contributed by atoms with E-state index in [0.29, 0.717) is 17.7 Å². The van der Waals surface area contributed by atoms with Gasteiger partial charge in [0.25, 0.3) is 0 Å². The molecule has 1 atom stereocenters. The van der Waals surface area contributed by atoms with Crippen LogP contribution in [0.4, 0.5) is 5.69 Å². The van der Waals surface area contributed by atoms with Crippen LogP contribution in [-0.2, 0) is 14.3 Å². The number of Topliss-reactive ketones (excluding diaryl/α,β-unsaturated/α-hetero) is 1. The molecule has 2 aromatic carbocycles. The van der Waals surface area contributed by atoms with Crippen molar-refractivity contribution in [3.63, 3.8) is 0 Å². The van der Waals surface area contributed by atoms with Crippen LogP contribution < -0.4 is 5.32 Å². The van der Waals surface area contributed by atoms with E-state index in [1.807, 2.05) is 51.1 Å². The summed E-state index contributed by atoms with van der Waals surface area (Å²) in [6.45, 7) is 5.61. The van der Waals surface area contributed by atoms with Crippen LogP contribution in [0.1, 0.15) is 55.5 Å². The Bertz CT molecular complexity index is 797. The summed E-state index contributed by atoms with van der Waals surface area (Å²) in [6.07, 6.45) is 0.663. The first-order chi connectivity index (χ1) is 13.3. The maximum atomic E-state index is 12.2. The first-order valence-electron chi connectivity index (χ1n) is 9.49. The average molecular weight is 381 g/mol. The Morgan fingerprint density at radius 2 is 1.54 bits per heavy atom. The number of esters is 1. The van der Waals surface area contributed by atoms with E-state index in [1.54, 1.807) is 24.3 Å². The summed E-state index contributed by atoms with van der Waals surface area (Å²) in [5.41, 5.74) is 2.13. The van der Waals surface area contributed by atoms with Gasteiger partial charge in [-0.15, -0.1) is 0 Å². The highest BCUT2D eigenvalue weighted by Crippen LogP contribution is 2.19. The second-order valence-corrected chi connectivity index (χ2v) is 7.32. The van der Waals surface area contributed by atoms with Gasteiger partial charge in [0.05, 0.1) is 6.42 Å². The molecule has 0 saturated carbocycles. The van der Waals surface area contributed by atoms with Crippen molar-refractivity contribution in [2.24, 2.45) is 5.92 Å². The molecule has 0 aliphatic rings. The third-order valence-corrected chi connectivity index (χ3v) is 4.29. The molecular weight excluding hydrogens is 354 g/mol. The third kappa shape index (κ3) is 6.99. The number of carbonyl (C=O) groups is 3. The van der Waals surface area contributed by atoms with Gasteiger partial charge < -0.3 is 10.1 Å². The highest BCUT2D eigenvalue weighted by atomic mass is 16.5. The summed E-state index contributed by atoms with van der Waals surface area (Å²) in [4.78, 5) is 36.0. The molecule has 5 heteroatoms. The van der Waals surface area contributed by atoms with Gasteiger partial charge in [0.1, 0.15) is 0 Å². The van der Waals surface area contributed by atoms with Crippen molar-refractivity contribution in [1.82, 2.24) is 0 Å². The minimum Gasteiger partial charge on any atom is -0.457 e. The molecule has 0 aliphatic carbocycles. The molecule has 5 nitrogen and oxygen atoms in total. The summed E-state index contributed by atoms with van der Waals surface area (Å²) in [6, 6.07) is 16.3. The van der Waals surface area contributed by atoms with Crippen molar-refractivity contribution in [3.8, 4) is 0 Å². The molecule has 28 heavy (non-hydrogen) atoms. The minimum absolute atomic E-state index is 0.0255. The highest BCUT2D eigenvalue weighted by molar-refractivity contribution is 5.98. The van der Waals surface area contributed by atoms with Gasteiger partial charge in [-0.25, -0.2) is 0 Å². The first-order valence-corrected chi connectivity index (χ1v) is 9.49. The number of hydrogen-bond acceptors (Lipinski definition) is 4. The van der Waals surface area contributed by atoms with Crippen molar-refractivity contribution in [3.05, 3.63) is 65.7 Å². The van der Waals surface area contributed by atoms with E-state index in [4.69, 9.17) is 4.74 Å². The molecule has 148 valence electrons. The molecule has 0 aromatic heterocycles. The molecule has 1 N–H and O–H groups in total. The summed E-state index contributed by atoms with van der Waals surface area (Å²) in [5, 5.41) is 2.79. The number of nitrogens with one attached hydrogen (secondary N) is 1. The number of benzene rings is 2. The third-order valence-electron chi connectivity index (χ3n) is 4.29. The van der Waals surface area contributed by atoms with Crippen LogP contribution in [0.3, 0.4) is 0 Å². The Morgan fingerprint density at radius 1 is 0.893 bits per heavy atom. The van der Waals surface area contributed by atoms with Gasteiger partial charge >= 0.3 is 5.97 Å². The molecule has 2 aromatic rings. The Morgan fingerprint density at radius 3 is 2.14 bits per heavy atom. The van der Waals surface area contributed by atoms with Gasteiger partial charge in [-0.05, 0) is 41.7 Å². The van der Waals surface area contributed by atoms with Gasteiger partial charge in [-0.1, -0.05) is 51.1 Å². The second kappa shape index (κ2) is 10.4. The molecule has 0 radical (unpaired) electrons. The monoisotopic (exact) mass is 381 g/mol. The molecular formula is C23H27NO4. The second-order valence-electron chi connectivity index (χ2n) is 7.32. The van der Waals surface area contributed by atoms with E-state index in [1.165, 1.54) is 0 Å². The van der Waals surface area contributed by atoms with Crippen molar-refractivity contribution in [2.45, 2.75) is 39.5 Å². The van der Waals surface area contributed by atoms with Gasteiger partial charge in [0, 0.05) is 17.7 Å². The fourth-order valence-corrected chi connectivity index (χ4v) is 2.76. The maximum absolute atomic E-state index is 12.2. The number of ketones is 1. The number of rotatable bonds is 9. The number of ether oxygens (including phenoxy) is 1. The van der Waals surface area contributed by atoms with E-state index >= 15 is 0 Å². The first kappa shape index (κ1) is 21.4. The van der Waals surface area contributed by atoms with Crippen LogP contribution in [-0.4, -0.2) is 24.3 Å². The Labute approximate surface area is 166 Å². The molecule has 0 bridgehead atoms. The Kier molecular flexibility index (Phi) is 7.93. The summed E-state index contributed by atoms with van der Waals surface area (Å²) >= 11 is 0. The van der Waals surface area contributed by atoms with Crippen molar-refractivity contribution >= 4 is 23.3 Å². The van der Waals surface area contributed by atoms with Gasteiger partial charge in [0.2, 0.25) is 5.91 Å². The molecule has 0 spiro atoms. The van der Waals surface area contributed by atoms with E-state index in [-0.39, 0.29) is 36.6 Å². The van der Waals surface area contributed by atoms with Crippen LogP contribution in [0.2, 0.25) is 0 Å². The molecule has 2 rings (SSSR count). The zero-order valence-electron chi connectivity index (χ0n) is 16.6. The number of hydrogen-bond donors (Lipinski definition) is 1. The van der Waals surface area contributed by atoms with E-state index in [2.05, 4.69) is 5.32 Å². The lowest BCUT2D eigenvalue weighted by molar-refractivity contribution is -0.142. The van der Waals surface area contributed by atoms with Crippen LogP contribution in [0.5, 0.6) is 0 Å². The number of amides is 1. The summed E-state index contributed by atoms with van der Waals surface area (Å²) < 4.78 is 5.13. The van der Waals surface area contributed by atoms with Gasteiger partial charge in [0.15, 0.2) is 12.4 Å². The highest BCUT2D eigenvalue weighted by Gasteiger charge is 2.15. The summed E-state index contributed by atoms with van der Waals surface area (Å²) in [5.74, 6) is -0.434. The molecule has 0 unspecified atom stereocenters. The molecule has 0 fully saturated rings. The largest absolute Gasteiger partial charge is 0.457 e. The van der Waals surface area contributed by atoms with Crippen molar-refractivity contribution in [1.29, 1.82) is 0 Å². The fraction of sp³-hybridized carbons (Fsp3) is 0.348. The summed E-state index contributed by atoms with van der Waals surface area (Å²) in [7, 11) is 0. The predicted octanol–water partition coefficient (Wildman–Crippen LogP) is 4.59. The standard InChI is InChI=1S/C23H27NO4/c1-16(2)13-22(26)24-20-11-9-19(10-12-20)21(25)15-28-23(27)14-17(3)18-7-5-4-6-8-18/h4-12,16-17H,13-15H2,1-3H3,(H,24,26)/t17-/m0/s1. The smallest absolute Gasteiger partial charge is 0.306 e. The molecule has 0 heterocycles. The van der Waals surface area contributed by atoms with Crippen LogP contribution >= 0.6 is 0 Å². The van der Waals surface area contributed by atoms with Crippen LogP contribution in [0.25, 0.3) is 0 Å². The Balaban J connectivity index is 1.81. The topological polar surface area (TPSA) is 72.5 Å². The lowest BCUT2D eigenvalue weighted by Gasteiger charge is -2.11. The normalized spacial score (nSPS) is 11.7. The van der Waals surface area contributed by atoms with Gasteiger partial charge in [-0.3, -0.25) is 14.4 Å². The van der Waals surface area contributed by atoms with E-state index in [9.17, 15) is 14.4 Å². The molecule has 1 amide bonds. The minimum atomic E-state index is -0.401. The van der Waals surface area contributed by atoms with Crippen LogP contribution in [0, 0.1) is 5.92 Å². The van der Waals surface area contributed by atoms with Gasteiger partial charge in [-0.2, -0.15) is 0 Å². The lowest BCUT2D eigenvalue weighted by Crippen LogP contribution is -2.16. The average Bonchev–Trinajstić information content (AvgIpc) is 2.66. The van der Waals surface area contributed by atoms with Crippen molar-refractivity contribution < 1.29 is 19.1 Å².